The van der Waals surface area contributed by atoms with Gasteiger partial charge in [-0.05, 0) is 154 Å². The Morgan fingerprint density at radius 3 is 1.51 bits per heavy atom. The largest absolute Gasteiger partial charge is 0.310 e. The Morgan fingerprint density at radius 2 is 0.895 bits per heavy atom. The van der Waals surface area contributed by atoms with Crippen LogP contribution in [-0.2, 0) is 10.8 Å². The summed E-state index contributed by atoms with van der Waals surface area (Å²) < 4.78 is 5.34. The van der Waals surface area contributed by atoms with E-state index in [4.69, 9.17) is 0 Å². The van der Waals surface area contributed by atoms with Gasteiger partial charge in [0.1, 0.15) is 0 Å². The van der Waals surface area contributed by atoms with Gasteiger partial charge in [0, 0.05) is 49.8 Å². The molecule has 360 valence electrons. The first-order valence-corrected chi connectivity index (χ1v) is 27.0. The molecule has 0 saturated heterocycles. The molecule has 3 aliphatic rings. The second kappa shape index (κ2) is 15.4. The molecule has 2 aliphatic heterocycles. The average Bonchev–Trinajstić information content (AvgIpc) is 3.98. The predicted molar refractivity (Wildman–Crippen MR) is 325 cm³/mol. The number of rotatable bonds is 5. The molecule has 0 amide bonds. The molecule has 0 radical (unpaired) electrons. The van der Waals surface area contributed by atoms with Crippen molar-refractivity contribution in [2.75, 3.05) is 4.90 Å². The van der Waals surface area contributed by atoms with Crippen molar-refractivity contribution in [1.82, 2.24) is 9.13 Å². The molecule has 0 spiro atoms. The molecular formula is C72H54BN3. The van der Waals surface area contributed by atoms with E-state index in [-0.39, 0.29) is 17.5 Å². The number of fused-ring (bicyclic) bond motifs is 11. The lowest BCUT2D eigenvalue weighted by Crippen LogP contribution is -2.59. The molecule has 76 heavy (non-hydrogen) atoms. The minimum Gasteiger partial charge on any atom is -0.310 e. The van der Waals surface area contributed by atoms with Crippen molar-refractivity contribution < 1.29 is 0 Å². The third-order valence-corrected chi connectivity index (χ3v) is 17.3. The molecule has 0 atom stereocenters. The monoisotopic (exact) mass is 971 g/mol. The lowest BCUT2D eigenvalue weighted by atomic mass is 9.34. The molecule has 0 saturated carbocycles. The summed E-state index contributed by atoms with van der Waals surface area (Å²) in [5, 5.41) is 7.93. The van der Waals surface area contributed by atoms with E-state index in [0.29, 0.717) is 0 Å². The molecule has 4 heterocycles. The fourth-order valence-electron chi connectivity index (χ4n) is 13.7. The van der Waals surface area contributed by atoms with E-state index < -0.39 is 0 Å². The maximum atomic E-state index is 2.68. The van der Waals surface area contributed by atoms with E-state index in [0.717, 1.165) is 17.1 Å². The smallest absolute Gasteiger partial charge is 0.252 e. The van der Waals surface area contributed by atoms with Crippen molar-refractivity contribution in [3.63, 3.8) is 0 Å². The highest BCUT2D eigenvalue weighted by Crippen LogP contribution is 2.52. The quantitative estimate of drug-likeness (QED) is 0.157. The lowest BCUT2D eigenvalue weighted by molar-refractivity contribution is 0.590. The molecule has 16 rings (SSSR count). The Hall–Kier alpha value is -8.86. The molecule has 11 aromatic carbocycles. The molecule has 0 unspecified atom stereocenters. The summed E-state index contributed by atoms with van der Waals surface area (Å²) in [6.45, 7) is 14.1. The minimum absolute atomic E-state index is 0.0200. The lowest BCUT2D eigenvalue weighted by Gasteiger charge is -2.36. The first-order valence-electron chi connectivity index (χ1n) is 27.0. The van der Waals surface area contributed by atoms with Crippen molar-refractivity contribution in [1.29, 1.82) is 0 Å². The Balaban J connectivity index is 1.06. The molecule has 3 nitrogen and oxygen atoms in total. The molecule has 2 aromatic heterocycles. The number of hydrogen-bond donors (Lipinski definition) is 0. The molecule has 4 heteroatoms. The Bertz CT molecular complexity index is 4540. The van der Waals surface area contributed by atoms with Gasteiger partial charge in [-0.2, -0.15) is 0 Å². The Kier molecular flexibility index (Phi) is 8.80. The number of hydrogen-bond acceptors (Lipinski definition) is 1. The van der Waals surface area contributed by atoms with Crippen molar-refractivity contribution in [2.45, 2.75) is 52.4 Å². The molecule has 1 aliphatic carbocycles. The van der Waals surface area contributed by atoms with Gasteiger partial charge in [0.2, 0.25) is 0 Å². The third kappa shape index (κ3) is 6.01. The standard InChI is InChI=1S/C72H54BN3/c1-71(2,3)48-29-37-61-57(38-48)58-39-49(72(4,5)6)40-60-69(58)75(61)63-41-52(74(50-30-24-45(25-31-50)43-16-9-7-10-17-43)51-32-26-46(27-33-51)44-18-11-8-12-19-44)42-64-68(63)73(60)59-35-34-56-54-22-14-13-21-53(54)55-23-15-20-47-28-36-62-67(65(47)55)66(56)70(59)76(62)64/h7-42H,1-6H3. The summed E-state index contributed by atoms with van der Waals surface area (Å²) >= 11 is 0. The zero-order valence-corrected chi connectivity index (χ0v) is 43.7. The third-order valence-electron chi connectivity index (χ3n) is 17.3. The highest BCUT2D eigenvalue weighted by Gasteiger charge is 2.43. The van der Waals surface area contributed by atoms with Crippen LogP contribution in [0.1, 0.15) is 52.7 Å². The molecular weight excluding hydrogens is 918 g/mol. The first-order chi connectivity index (χ1) is 37.0. The average molecular weight is 972 g/mol. The van der Waals surface area contributed by atoms with Crippen LogP contribution in [-0.4, -0.2) is 15.8 Å². The zero-order valence-electron chi connectivity index (χ0n) is 43.7. The van der Waals surface area contributed by atoms with Crippen LogP contribution in [0.2, 0.25) is 0 Å². The van der Waals surface area contributed by atoms with Gasteiger partial charge in [-0.1, -0.05) is 199 Å². The van der Waals surface area contributed by atoms with E-state index >= 15 is 0 Å². The van der Waals surface area contributed by atoms with Gasteiger partial charge in [-0.3, -0.25) is 0 Å². The topological polar surface area (TPSA) is 13.1 Å². The van der Waals surface area contributed by atoms with E-state index in [1.807, 2.05) is 0 Å². The summed E-state index contributed by atoms with van der Waals surface area (Å²) in [6.07, 6.45) is 0. The highest BCUT2D eigenvalue weighted by atomic mass is 15.2. The van der Waals surface area contributed by atoms with Crippen molar-refractivity contribution in [3.05, 3.63) is 230 Å². The molecule has 0 bridgehead atoms. The van der Waals surface area contributed by atoms with E-state index in [2.05, 4.69) is 274 Å². The fourth-order valence-corrected chi connectivity index (χ4v) is 13.7. The predicted octanol–water partition coefficient (Wildman–Crippen LogP) is 17.2. The van der Waals surface area contributed by atoms with E-state index in [1.165, 1.54) is 138 Å². The van der Waals surface area contributed by atoms with Crippen LogP contribution in [0.15, 0.2) is 218 Å². The summed E-state index contributed by atoms with van der Waals surface area (Å²) in [6, 6.07) is 83.1. The summed E-state index contributed by atoms with van der Waals surface area (Å²) in [5.41, 5.74) is 27.6. The van der Waals surface area contributed by atoms with Crippen LogP contribution < -0.4 is 21.3 Å². The normalized spacial score (nSPS) is 13.1. The Labute approximate surface area is 444 Å². The number of nitrogens with zero attached hydrogens (tertiary/aromatic N) is 3. The van der Waals surface area contributed by atoms with E-state index in [9.17, 15) is 0 Å². The van der Waals surface area contributed by atoms with Gasteiger partial charge in [0.25, 0.3) is 6.71 Å². The van der Waals surface area contributed by atoms with Gasteiger partial charge in [-0.15, -0.1) is 0 Å². The van der Waals surface area contributed by atoms with Gasteiger partial charge < -0.3 is 14.0 Å². The van der Waals surface area contributed by atoms with Crippen molar-refractivity contribution in [3.8, 4) is 55.9 Å². The van der Waals surface area contributed by atoms with Crippen LogP contribution in [0, 0.1) is 0 Å². The van der Waals surface area contributed by atoms with Crippen LogP contribution in [0.25, 0.3) is 110 Å². The number of aromatic nitrogens is 2. The second-order valence-electron chi connectivity index (χ2n) is 23.7. The van der Waals surface area contributed by atoms with Gasteiger partial charge >= 0.3 is 0 Å². The first kappa shape index (κ1) is 43.5. The van der Waals surface area contributed by atoms with Gasteiger partial charge in [0.05, 0.1) is 22.2 Å². The van der Waals surface area contributed by atoms with Crippen LogP contribution in [0.3, 0.4) is 0 Å². The van der Waals surface area contributed by atoms with Gasteiger partial charge in [-0.25, -0.2) is 0 Å². The van der Waals surface area contributed by atoms with Gasteiger partial charge in [0.15, 0.2) is 0 Å². The summed E-state index contributed by atoms with van der Waals surface area (Å²) in [5.74, 6) is 0. The van der Waals surface area contributed by atoms with Crippen molar-refractivity contribution in [2.24, 2.45) is 0 Å². The zero-order chi connectivity index (χ0) is 50.9. The number of benzene rings is 11. The van der Waals surface area contributed by atoms with Crippen LogP contribution in [0.5, 0.6) is 0 Å². The van der Waals surface area contributed by atoms with Crippen molar-refractivity contribution >= 4 is 94.5 Å². The van der Waals surface area contributed by atoms with Crippen LogP contribution >= 0.6 is 0 Å². The summed E-state index contributed by atoms with van der Waals surface area (Å²) in [4.78, 5) is 2.50. The fraction of sp³-hybridized carbons (Fsp3) is 0.111. The highest BCUT2D eigenvalue weighted by molar-refractivity contribution is 7.00. The maximum Gasteiger partial charge on any atom is 0.252 e. The molecule has 0 fully saturated rings. The van der Waals surface area contributed by atoms with Crippen LogP contribution in [0.4, 0.5) is 17.1 Å². The minimum atomic E-state index is -0.0825. The SMILES string of the molecule is CC(C)(C)c1ccc2c(c1)c1cc(C(C)(C)C)cc3c1n2-c1cc(N(c2ccc(-c4ccccc4)cc2)c2ccc(-c4ccccc4)cc2)cc2c1B3c1ccc3c4c5c6c(cccc6ccc5n-2c14)-c1ccccc1-3. The maximum absolute atomic E-state index is 2.68. The Morgan fingerprint density at radius 1 is 0.355 bits per heavy atom. The van der Waals surface area contributed by atoms with E-state index in [1.54, 1.807) is 0 Å². The molecule has 0 N–H and O–H groups in total. The summed E-state index contributed by atoms with van der Waals surface area (Å²) in [7, 11) is 0. The second-order valence-corrected chi connectivity index (χ2v) is 23.7. The number of anilines is 3. The molecule has 13 aromatic rings.